The van der Waals surface area contributed by atoms with Gasteiger partial charge in [-0.05, 0) is 28.3 Å². The minimum atomic E-state index is -1.22. The molecule has 37 heavy (non-hydrogen) atoms. The molecule has 1 atom stereocenters. The highest BCUT2D eigenvalue weighted by molar-refractivity contribution is 6.09. The predicted molar refractivity (Wildman–Crippen MR) is 139 cm³/mol. The number of ether oxygens (including phenoxy) is 1. The topological polar surface area (TPSA) is 97.6 Å². The highest BCUT2D eigenvalue weighted by Crippen LogP contribution is 2.44. The molecule has 0 aliphatic heterocycles. The molecule has 0 fully saturated rings. The van der Waals surface area contributed by atoms with Crippen molar-refractivity contribution in [3.8, 4) is 11.1 Å². The Kier molecular flexibility index (Phi) is 6.60. The van der Waals surface area contributed by atoms with Crippen molar-refractivity contribution in [2.24, 2.45) is 7.05 Å². The van der Waals surface area contributed by atoms with E-state index in [1.54, 1.807) is 48.1 Å². The molecule has 2 N–H and O–H groups in total. The summed E-state index contributed by atoms with van der Waals surface area (Å²) in [7, 11) is 1.74. The number of fused-ring (bicyclic) bond motifs is 3. The van der Waals surface area contributed by atoms with Gasteiger partial charge < -0.3 is 19.7 Å². The van der Waals surface area contributed by atoms with Crippen LogP contribution in [0.5, 0.6) is 0 Å². The summed E-state index contributed by atoms with van der Waals surface area (Å²) in [6, 6.07) is 25.3. The number of ketones is 1. The van der Waals surface area contributed by atoms with Crippen LogP contribution in [0.1, 0.15) is 38.7 Å². The van der Waals surface area contributed by atoms with E-state index < -0.39 is 18.1 Å². The largest absolute Gasteiger partial charge is 0.480 e. The lowest BCUT2D eigenvalue weighted by Crippen LogP contribution is -2.43. The third kappa shape index (κ3) is 4.89. The highest BCUT2D eigenvalue weighted by atomic mass is 16.5. The van der Waals surface area contributed by atoms with Crippen LogP contribution in [0.15, 0.2) is 91.1 Å². The van der Waals surface area contributed by atoms with Gasteiger partial charge in [0.2, 0.25) is 0 Å². The van der Waals surface area contributed by atoms with E-state index in [2.05, 4.69) is 5.32 Å². The Balaban J connectivity index is 1.25. The number of nitrogens with one attached hydrogen (secondary N) is 1. The number of carboxylic acid groups (broad SMARTS) is 1. The molecular weight excluding hydrogens is 468 g/mol. The number of carbonyl (C=O) groups is 3. The molecule has 1 heterocycles. The highest BCUT2D eigenvalue weighted by Gasteiger charge is 2.30. The number of carbonyl (C=O) groups excluding carboxylic acids is 2. The van der Waals surface area contributed by atoms with E-state index >= 15 is 0 Å². The minimum absolute atomic E-state index is 0.00189. The third-order valence-corrected chi connectivity index (χ3v) is 6.75. The number of aromatic nitrogens is 1. The fourth-order valence-corrected chi connectivity index (χ4v) is 4.88. The normalized spacial score (nSPS) is 12.9. The van der Waals surface area contributed by atoms with E-state index in [9.17, 15) is 19.5 Å². The van der Waals surface area contributed by atoms with Gasteiger partial charge in [0.05, 0.1) is 0 Å². The second-order valence-corrected chi connectivity index (χ2v) is 9.09. The van der Waals surface area contributed by atoms with Crippen LogP contribution in [0.3, 0.4) is 0 Å². The number of hydrogen-bond acceptors (Lipinski definition) is 4. The van der Waals surface area contributed by atoms with Gasteiger partial charge in [-0.15, -0.1) is 0 Å². The van der Waals surface area contributed by atoms with Crippen LogP contribution in [0.25, 0.3) is 11.1 Å². The van der Waals surface area contributed by atoms with Crippen molar-refractivity contribution in [3.05, 3.63) is 119 Å². The lowest BCUT2D eigenvalue weighted by Gasteiger charge is -2.17. The van der Waals surface area contributed by atoms with Gasteiger partial charge in [0.25, 0.3) is 0 Å². The summed E-state index contributed by atoms with van der Waals surface area (Å²) < 4.78 is 7.22. The zero-order chi connectivity index (χ0) is 25.9. The Labute approximate surface area is 214 Å². The quantitative estimate of drug-likeness (QED) is 0.343. The summed E-state index contributed by atoms with van der Waals surface area (Å²) >= 11 is 0. The third-order valence-electron chi connectivity index (χ3n) is 6.75. The lowest BCUT2D eigenvalue weighted by molar-refractivity contribution is -0.139. The lowest BCUT2D eigenvalue weighted by atomic mass is 9.98. The molecule has 0 radical (unpaired) electrons. The van der Waals surface area contributed by atoms with Crippen molar-refractivity contribution in [3.63, 3.8) is 0 Å². The van der Waals surface area contributed by atoms with Crippen LogP contribution >= 0.6 is 0 Å². The van der Waals surface area contributed by atoms with Crippen molar-refractivity contribution in [2.75, 3.05) is 6.61 Å². The number of alkyl carbamates (subject to hydrolysis) is 1. The molecule has 0 saturated carbocycles. The van der Waals surface area contributed by atoms with E-state index in [0.29, 0.717) is 16.8 Å². The maximum Gasteiger partial charge on any atom is 0.407 e. The van der Waals surface area contributed by atoms with E-state index in [4.69, 9.17) is 4.74 Å². The summed E-state index contributed by atoms with van der Waals surface area (Å²) in [6.45, 7) is 0.0894. The first-order valence-electron chi connectivity index (χ1n) is 12.0. The number of rotatable bonds is 8. The summed E-state index contributed by atoms with van der Waals surface area (Å²) in [5.74, 6) is -1.47. The van der Waals surface area contributed by atoms with Gasteiger partial charge in [0.15, 0.2) is 5.78 Å². The van der Waals surface area contributed by atoms with Crippen LogP contribution < -0.4 is 5.32 Å². The molecule has 0 spiro atoms. The monoisotopic (exact) mass is 494 g/mol. The number of amides is 1. The molecule has 3 aromatic carbocycles. The van der Waals surface area contributed by atoms with Crippen LogP contribution in [0.4, 0.5) is 4.79 Å². The fraction of sp³-hybridized carbons (Fsp3) is 0.167. The Morgan fingerprint density at radius 1 is 0.892 bits per heavy atom. The molecule has 0 saturated heterocycles. The van der Waals surface area contributed by atoms with Gasteiger partial charge >= 0.3 is 12.1 Å². The first-order chi connectivity index (χ1) is 17.9. The Hall–Kier alpha value is -4.65. The van der Waals surface area contributed by atoms with Gasteiger partial charge in [-0.1, -0.05) is 78.9 Å². The van der Waals surface area contributed by atoms with E-state index in [1.807, 2.05) is 54.6 Å². The van der Waals surface area contributed by atoms with Crippen molar-refractivity contribution in [1.82, 2.24) is 9.88 Å². The predicted octanol–water partition coefficient (Wildman–Crippen LogP) is 4.79. The van der Waals surface area contributed by atoms with Crippen LogP contribution in [0, 0.1) is 0 Å². The fourth-order valence-electron chi connectivity index (χ4n) is 4.88. The first kappa shape index (κ1) is 24.1. The minimum Gasteiger partial charge on any atom is -0.480 e. The Morgan fingerprint density at radius 2 is 1.49 bits per heavy atom. The second-order valence-electron chi connectivity index (χ2n) is 9.09. The van der Waals surface area contributed by atoms with Crippen LogP contribution in [-0.4, -0.2) is 40.2 Å². The zero-order valence-electron chi connectivity index (χ0n) is 20.3. The molecule has 7 heteroatoms. The van der Waals surface area contributed by atoms with E-state index in [1.165, 1.54) is 0 Å². The van der Waals surface area contributed by atoms with Gasteiger partial charge in [-0.2, -0.15) is 0 Å². The standard InChI is InChI=1S/C30H26N2O5/c1-32-17-20(28(33)19-9-3-2-4-10-19)15-21(32)16-27(29(34)35)31-30(36)37-18-26-24-13-7-5-11-22(24)23-12-6-8-14-25(23)26/h2-15,17,26-27H,16,18H2,1H3,(H,31,36)(H,34,35). The summed E-state index contributed by atoms with van der Waals surface area (Å²) in [5.41, 5.74) is 5.97. The van der Waals surface area contributed by atoms with Gasteiger partial charge in [-0.3, -0.25) is 4.79 Å². The molecule has 1 unspecified atom stereocenters. The molecule has 1 amide bonds. The van der Waals surface area contributed by atoms with Crippen molar-refractivity contribution >= 4 is 17.8 Å². The van der Waals surface area contributed by atoms with Gasteiger partial charge in [-0.25, -0.2) is 9.59 Å². The Bertz CT molecular complexity index is 1430. The molecular formula is C30H26N2O5. The van der Waals surface area contributed by atoms with Crippen molar-refractivity contribution in [2.45, 2.75) is 18.4 Å². The molecule has 0 bridgehead atoms. The maximum absolute atomic E-state index is 12.8. The maximum atomic E-state index is 12.8. The number of hydrogen-bond donors (Lipinski definition) is 2. The van der Waals surface area contributed by atoms with Gasteiger partial charge in [0.1, 0.15) is 12.6 Å². The number of carboxylic acids is 1. The molecule has 4 aromatic rings. The molecule has 5 rings (SSSR count). The average Bonchev–Trinajstić information content (AvgIpc) is 3.44. The molecule has 1 aromatic heterocycles. The number of aliphatic carboxylic acids is 1. The summed E-state index contributed by atoms with van der Waals surface area (Å²) in [4.78, 5) is 37.4. The van der Waals surface area contributed by atoms with E-state index in [0.717, 1.165) is 22.3 Å². The smallest absolute Gasteiger partial charge is 0.407 e. The van der Waals surface area contributed by atoms with E-state index in [-0.39, 0.29) is 24.7 Å². The summed E-state index contributed by atoms with van der Waals surface area (Å²) in [5, 5.41) is 12.2. The molecule has 1 aliphatic carbocycles. The van der Waals surface area contributed by atoms with Crippen molar-refractivity contribution < 1.29 is 24.2 Å². The van der Waals surface area contributed by atoms with Crippen molar-refractivity contribution in [1.29, 1.82) is 0 Å². The molecule has 186 valence electrons. The molecule has 7 nitrogen and oxygen atoms in total. The number of aryl methyl sites for hydroxylation is 1. The number of benzene rings is 3. The molecule has 1 aliphatic rings. The second kappa shape index (κ2) is 10.1. The number of nitrogens with zero attached hydrogens (tertiary/aromatic N) is 1. The van der Waals surface area contributed by atoms with Crippen LogP contribution in [0.2, 0.25) is 0 Å². The SMILES string of the molecule is Cn1cc(C(=O)c2ccccc2)cc1CC(NC(=O)OCC1c2ccccc2-c2ccccc21)C(=O)O. The zero-order valence-corrected chi connectivity index (χ0v) is 20.3. The first-order valence-corrected chi connectivity index (χ1v) is 12.0. The van der Waals surface area contributed by atoms with Gasteiger partial charge in [0, 0.05) is 42.4 Å². The Morgan fingerprint density at radius 3 is 2.11 bits per heavy atom. The van der Waals surface area contributed by atoms with Crippen LogP contribution in [-0.2, 0) is 23.0 Å². The summed E-state index contributed by atoms with van der Waals surface area (Å²) in [6.07, 6.45) is 0.860. The average molecular weight is 495 g/mol.